The van der Waals surface area contributed by atoms with Gasteiger partial charge in [-0.25, -0.2) is 0 Å². The van der Waals surface area contributed by atoms with Crippen molar-refractivity contribution < 1.29 is 9.59 Å². The molecule has 2 amide bonds. The van der Waals surface area contributed by atoms with Crippen molar-refractivity contribution in [1.82, 2.24) is 10.6 Å². The van der Waals surface area contributed by atoms with Gasteiger partial charge in [0.05, 0.1) is 6.54 Å². The number of halogens is 1. The fourth-order valence-electron chi connectivity index (χ4n) is 2.65. The van der Waals surface area contributed by atoms with Crippen molar-refractivity contribution in [2.45, 2.75) is 38.6 Å². The predicted octanol–water partition coefficient (Wildman–Crippen LogP) is 2.76. The highest BCUT2D eigenvalue weighted by Crippen LogP contribution is 2.23. The van der Waals surface area contributed by atoms with Crippen LogP contribution in [0.3, 0.4) is 0 Å². The zero-order valence-corrected chi connectivity index (χ0v) is 13.0. The van der Waals surface area contributed by atoms with E-state index in [1.807, 2.05) is 0 Å². The number of carbonyl (C=O) groups is 2. The average molecular weight is 309 g/mol. The maximum atomic E-state index is 11.9. The van der Waals surface area contributed by atoms with E-state index < -0.39 is 0 Å². The molecule has 0 aromatic heterocycles. The van der Waals surface area contributed by atoms with Crippen molar-refractivity contribution in [3.05, 3.63) is 34.9 Å². The summed E-state index contributed by atoms with van der Waals surface area (Å²) in [6.07, 6.45) is 4.58. The van der Waals surface area contributed by atoms with E-state index in [1.54, 1.807) is 24.3 Å². The van der Waals surface area contributed by atoms with Gasteiger partial charge < -0.3 is 10.6 Å². The van der Waals surface area contributed by atoms with Gasteiger partial charge in [0.1, 0.15) is 0 Å². The van der Waals surface area contributed by atoms with Gasteiger partial charge in [-0.2, -0.15) is 0 Å². The molecule has 1 aliphatic rings. The lowest BCUT2D eigenvalue weighted by molar-refractivity contribution is -0.121. The molecule has 0 radical (unpaired) electrons. The molecule has 1 saturated carbocycles. The second-order valence-corrected chi connectivity index (χ2v) is 6.06. The Morgan fingerprint density at radius 3 is 2.52 bits per heavy atom. The summed E-state index contributed by atoms with van der Waals surface area (Å²) in [5, 5.41) is 6.22. The van der Waals surface area contributed by atoms with Crippen LogP contribution in [0.25, 0.3) is 0 Å². The fourth-order valence-corrected chi connectivity index (χ4v) is 2.78. The Morgan fingerprint density at radius 1 is 1.19 bits per heavy atom. The van der Waals surface area contributed by atoms with E-state index >= 15 is 0 Å². The first-order valence-electron chi connectivity index (χ1n) is 7.39. The van der Waals surface area contributed by atoms with E-state index in [0.29, 0.717) is 16.5 Å². The topological polar surface area (TPSA) is 58.2 Å². The first kappa shape index (κ1) is 15.8. The quantitative estimate of drug-likeness (QED) is 0.898. The van der Waals surface area contributed by atoms with Gasteiger partial charge in [0.25, 0.3) is 5.91 Å². The Labute approximate surface area is 130 Å². The summed E-state index contributed by atoms with van der Waals surface area (Å²) in [5.74, 6) is 0.115. The number of carbonyl (C=O) groups excluding carboxylic acids is 2. The summed E-state index contributed by atoms with van der Waals surface area (Å²) in [4.78, 5) is 23.8. The van der Waals surface area contributed by atoms with Gasteiger partial charge in [0.2, 0.25) is 5.91 Å². The van der Waals surface area contributed by atoms with Crippen LogP contribution >= 0.6 is 11.6 Å². The van der Waals surface area contributed by atoms with Crippen molar-refractivity contribution in [3.63, 3.8) is 0 Å². The highest BCUT2D eigenvalue weighted by Gasteiger charge is 2.22. The third-order valence-corrected chi connectivity index (χ3v) is 4.23. The minimum Gasteiger partial charge on any atom is -0.352 e. The maximum absolute atomic E-state index is 11.9. The Bertz CT molecular complexity index is 502. The molecule has 2 rings (SSSR count). The van der Waals surface area contributed by atoms with Crippen LogP contribution in [0.2, 0.25) is 5.02 Å². The van der Waals surface area contributed by atoms with Gasteiger partial charge in [0, 0.05) is 16.6 Å². The second kappa shape index (κ2) is 7.46. The molecule has 1 aliphatic carbocycles. The van der Waals surface area contributed by atoms with Crippen LogP contribution in [-0.2, 0) is 4.79 Å². The van der Waals surface area contributed by atoms with Crippen molar-refractivity contribution in [2.75, 3.05) is 6.54 Å². The van der Waals surface area contributed by atoms with Gasteiger partial charge >= 0.3 is 0 Å². The van der Waals surface area contributed by atoms with Crippen LogP contribution in [0, 0.1) is 5.92 Å². The van der Waals surface area contributed by atoms with Crippen LogP contribution in [0.4, 0.5) is 0 Å². The number of nitrogens with one attached hydrogen (secondary N) is 2. The van der Waals surface area contributed by atoms with Gasteiger partial charge in [-0.3, -0.25) is 9.59 Å². The van der Waals surface area contributed by atoms with Crippen LogP contribution in [0.15, 0.2) is 24.3 Å². The molecule has 4 nitrogen and oxygen atoms in total. The van der Waals surface area contributed by atoms with Crippen LogP contribution in [0.1, 0.15) is 43.0 Å². The zero-order chi connectivity index (χ0) is 15.2. The molecule has 1 fully saturated rings. The molecule has 0 spiro atoms. The molecule has 0 bridgehead atoms. The molecule has 21 heavy (non-hydrogen) atoms. The maximum Gasteiger partial charge on any atom is 0.251 e. The Kier molecular flexibility index (Phi) is 5.62. The molecule has 0 heterocycles. The molecular formula is C16H21ClN2O2. The van der Waals surface area contributed by atoms with E-state index in [2.05, 4.69) is 17.6 Å². The number of hydrogen-bond acceptors (Lipinski definition) is 2. The average Bonchev–Trinajstić information content (AvgIpc) is 2.48. The molecule has 1 aromatic carbocycles. The van der Waals surface area contributed by atoms with Gasteiger partial charge in [-0.15, -0.1) is 0 Å². The standard InChI is InChI=1S/C16H21ClN2O2/c1-11-4-2-3-5-14(11)19-15(20)10-18-16(21)12-6-8-13(17)9-7-12/h6-9,11,14H,2-5,10H2,1H3,(H,18,21)(H,19,20)/t11-,14+/m0/s1. The summed E-state index contributed by atoms with van der Waals surface area (Å²) in [6, 6.07) is 6.82. The first-order valence-corrected chi connectivity index (χ1v) is 7.77. The number of hydrogen-bond donors (Lipinski definition) is 2. The van der Waals surface area contributed by atoms with Crippen molar-refractivity contribution in [3.8, 4) is 0 Å². The SMILES string of the molecule is C[C@H]1CCCC[C@H]1NC(=O)CNC(=O)c1ccc(Cl)cc1. The van der Waals surface area contributed by atoms with Crippen LogP contribution in [-0.4, -0.2) is 24.4 Å². The van der Waals surface area contributed by atoms with Crippen molar-refractivity contribution in [1.29, 1.82) is 0 Å². The summed E-state index contributed by atoms with van der Waals surface area (Å²) in [5.41, 5.74) is 0.498. The largest absolute Gasteiger partial charge is 0.352 e. The summed E-state index contributed by atoms with van der Waals surface area (Å²) < 4.78 is 0. The van der Waals surface area contributed by atoms with Gasteiger partial charge in [-0.1, -0.05) is 31.4 Å². The lowest BCUT2D eigenvalue weighted by atomic mass is 9.86. The molecule has 5 heteroatoms. The second-order valence-electron chi connectivity index (χ2n) is 5.63. The predicted molar refractivity (Wildman–Crippen MR) is 83.3 cm³/mol. The fraction of sp³-hybridized carbons (Fsp3) is 0.500. The highest BCUT2D eigenvalue weighted by atomic mass is 35.5. The van der Waals surface area contributed by atoms with E-state index in [1.165, 1.54) is 6.42 Å². The Morgan fingerprint density at radius 2 is 1.86 bits per heavy atom. The first-order chi connectivity index (χ1) is 10.1. The smallest absolute Gasteiger partial charge is 0.251 e. The Hall–Kier alpha value is -1.55. The third-order valence-electron chi connectivity index (χ3n) is 3.97. The molecular weight excluding hydrogens is 288 g/mol. The van der Waals surface area contributed by atoms with Crippen LogP contribution in [0.5, 0.6) is 0 Å². The van der Waals surface area contributed by atoms with Gasteiger partial charge in [0.15, 0.2) is 0 Å². The molecule has 1 aromatic rings. The molecule has 0 saturated heterocycles. The van der Waals surface area contributed by atoms with Crippen LogP contribution < -0.4 is 10.6 Å². The van der Waals surface area contributed by atoms with E-state index in [0.717, 1.165) is 19.3 Å². The number of rotatable bonds is 4. The number of amides is 2. The van der Waals surface area contributed by atoms with E-state index in [4.69, 9.17) is 11.6 Å². The summed E-state index contributed by atoms with van der Waals surface area (Å²) >= 11 is 5.77. The van der Waals surface area contributed by atoms with E-state index in [-0.39, 0.29) is 24.4 Å². The lowest BCUT2D eigenvalue weighted by Gasteiger charge is -2.29. The van der Waals surface area contributed by atoms with Crippen molar-refractivity contribution in [2.24, 2.45) is 5.92 Å². The Balaban J connectivity index is 1.78. The minimum absolute atomic E-state index is 0.00464. The number of benzene rings is 1. The normalized spacial score (nSPS) is 21.6. The molecule has 0 unspecified atom stereocenters. The lowest BCUT2D eigenvalue weighted by Crippen LogP contribution is -2.45. The summed E-state index contributed by atoms with van der Waals surface area (Å²) in [6.45, 7) is 2.17. The molecule has 2 N–H and O–H groups in total. The monoisotopic (exact) mass is 308 g/mol. The van der Waals surface area contributed by atoms with Gasteiger partial charge in [-0.05, 0) is 43.0 Å². The molecule has 114 valence electrons. The third kappa shape index (κ3) is 4.74. The zero-order valence-electron chi connectivity index (χ0n) is 12.2. The summed E-state index contributed by atoms with van der Waals surface area (Å²) in [7, 11) is 0. The minimum atomic E-state index is -0.265. The van der Waals surface area contributed by atoms with E-state index in [9.17, 15) is 9.59 Å². The van der Waals surface area contributed by atoms with Crippen molar-refractivity contribution >= 4 is 23.4 Å². The molecule has 0 aliphatic heterocycles. The molecule has 2 atom stereocenters. The highest BCUT2D eigenvalue weighted by molar-refractivity contribution is 6.30.